The fourth-order valence-electron chi connectivity index (χ4n) is 10.8. The Balaban J connectivity index is 5.27. The SMILES string of the molecule is CCC(C)CCCCCCCCCCC(=O)O[C@H](COC(=O)CCCCCCCCCCC(C)C)COP(=O)(O)OCC(O)COP(=O)(O)OC[C@@H](COC(=O)CCCCCCCCCCCCCC(C)C)OC(=O)CCCCCCCCCCCCCC(C)C. The van der Waals surface area contributed by atoms with Crippen molar-refractivity contribution in [2.45, 2.75) is 375 Å². The molecule has 0 radical (unpaired) electrons. The molecule has 540 valence electrons. The first-order chi connectivity index (χ1) is 43.6. The standard InChI is InChI=1S/C72H140O17P2/c1-9-65(8)51-43-35-27-21-23-31-39-47-55-72(77)89-68(59-83-70(75)53-45-37-29-22-20-26-34-42-50-64(6)7)61-87-91(80,81)85-57-66(73)56-84-90(78,79)86-60-67(88-71(76)54-46-38-30-19-15-11-13-17-25-33-41-49-63(4)5)58-82-69(74)52-44-36-28-18-14-10-12-16-24-32-40-48-62(2)3/h62-68,73H,9-61H2,1-8H3,(H,78,79)(H,80,81)/t65?,66?,67-,68-/m1/s1. The van der Waals surface area contributed by atoms with Gasteiger partial charge in [-0.05, 0) is 49.4 Å². The molecular formula is C72H140O17P2. The van der Waals surface area contributed by atoms with Crippen molar-refractivity contribution in [1.29, 1.82) is 0 Å². The van der Waals surface area contributed by atoms with Crippen LogP contribution in [0.1, 0.15) is 357 Å². The number of phosphoric acid groups is 2. The largest absolute Gasteiger partial charge is 0.472 e. The summed E-state index contributed by atoms with van der Waals surface area (Å²) in [4.78, 5) is 72.7. The summed E-state index contributed by atoms with van der Waals surface area (Å²) in [5.74, 6) is 0.905. The van der Waals surface area contributed by atoms with Gasteiger partial charge in [0.05, 0.1) is 26.4 Å². The van der Waals surface area contributed by atoms with E-state index in [1.54, 1.807) is 0 Å². The van der Waals surface area contributed by atoms with E-state index < -0.39 is 97.5 Å². The van der Waals surface area contributed by atoms with E-state index in [1.165, 1.54) is 161 Å². The van der Waals surface area contributed by atoms with Gasteiger partial charge < -0.3 is 33.8 Å². The lowest BCUT2D eigenvalue weighted by molar-refractivity contribution is -0.161. The van der Waals surface area contributed by atoms with Crippen molar-refractivity contribution in [3.63, 3.8) is 0 Å². The lowest BCUT2D eigenvalue weighted by atomic mass is 9.99. The Morgan fingerprint density at radius 2 is 0.527 bits per heavy atom. The Kier molecular flexibility index (Phi) is 60.3. The van der Waals surface area contributed by atoms with E-state index in [2.05, 4.69) is 55.4 Å². The van der Waals surface area contributed by atoms with Crippen LogP contribution in [0.3, 0.4) is 0 Å². The maximum absolute atomic E-state index is 13.0. The second kappa shape index (κ2) is 61.6. The van der Waals surface area contributed by atoms with Gasteiger partial charge in [0, 0.05) is 25.7 Å². The molecule has 19 heteroatoms. The summed E-state index contributed by atoms with van der Waals surface area (Å²) in [6.07, 6.45) is 44.3. The van der Waals surface area contributed by atoms with E-state index in [0.717, 1.165) is 114 Å². The van der Waals surface area contributed by atoms with Crippen molar-refractivity contribution >= 4 is 39.5 Å². The first kappa shape index (κ1) is 89.1. The predicted octanol–water partition coefficient (Wildman–Crippen LogP) is 20.5. The molecule has 0 aromatic carbocycles. The quantitative estimate of drug-likeness (QED) is 0.0222. The van der Waals surface area contributed by atoms with Crippen molar-refractivity contribution in [2.75, 3.05) is 39.6 Å². The number of esters is 4. The number of hydrogen-bond acceptors (Lipinski definition) is 15. The molecule has 0 aromatic heterocycles. The van der Waals surface area contributed by atoms with E-state index in [0.29, 0.717) is 25.7 Å². The predicted molar refractivity (Wildman–Crippen MR) is 367 cm³/mol. The first-order valence-corrected chi connectivity index (χ1v) is 40.2. The lowest BCUT2D eigenvalue weighted by Crippen LogP contribution is -2.30. The minimum atomic E-state index is -4.95. The van der Waals surface area contributed by atoms with Crippen LogP contribution < -0.4 is 0 Å². The molecule has 0 rings (SSSR count). The molecule has 4 unspecified atom stereocenters. The third-order valence-corrected chi connectivity index (χ3v) is 18.8. The minimum Gasteiger partial charge on any atom is -0.462 e. The highest BCUT2D eigenvalue weighted by Crippen LogP contribution is 2.45. The first-order valence-electron chi connectivity index (χ1n) is 37.2. The maximum atomic E-state index is 13.0. The third kappa shape index (κ3) is 65.1. The van der Waals surface area contributed by atoms with Gasteiger partial charge in [0.25, 0.3) is 0 Å². The van der Waals surface area contributed by atoms with Gasteiger partial charge in [0.1, 0.15) is 19.3 Å². The van der Waals surface area contributed by atoms with Crippen molar-refractivity contribution in [1.82, 2.24) is 0 Å². The smallest absolute Gasteiger partial charge is 0.462 e. The van der Waals surface area contributed by atoms with Gasteiger partial charge in [-0.3, -0.25) is 37.3 Å². The van der Waals surface area contributed by atoms with Crippen molar-refractivity contribution in [3.8, 4) is 0 Å². The van der Waals surface area contributed by atoms with E-state index in [-0.39, 0.29) is 25.7 Å². The van der Waals surface area contributed by atoms with Crippen LogP contribution >= 0.6 is 15.6 Å². The van der Waals surface area contributed by atoms with E-state index in [9.17, 15) is 43.2 Å². The van der Waals surface area contributed by atoms with Gasteiger partial charge in [-0.15, -0.1) is 0 Å². The Morgan fingerprint density at radius 1 is 0.308 bits per heavy atom. The number of aliphatic hydroxyl groups excluding tert-OH is 1. The normalized spacial score (nSPS) is 14.5. The molecule has 0 aliphatic carbocycles. The van der Waals surface area contributed by atoms with Gasteiger partial charge in [-0.2, -0.15) is 0 Å². The summed E-state index contributed by atoms with van der Waals surface area (Å²) >= 11 is 0. The summed E-state index contributed by atoms with van der Waals surface area (Å²) < 4.78 is 68.4. The molecule has 0 amide bonds. The zero-order chi connectivity index (χ0) is 67.5. The highest BCUT2D eigenvalue weighted by atomic mass is 31.2. The van der Waals surface area contributed by atoms with Gasteiger partial charge in [0.15, 0.2) is 12.2 Å². The fourth-order valence-corrected chi connectivity index (χ4v) is 12.4. The molecule has 0 spiro atoms. The Bertz CT molecular complexity index is 1800. The number of aliphatic hydroxyl groups is 1. The number of carbonyl (C=O) groups is 4. The molecule has 0 saturated carbocycles. The molecule has 6 atom stereocenters. The van der Waals surface area contributed by atoms with Gasteiger partial charge in [-0.1, -0.05) is 306 Å². The van der Waals surface area contributed by atoms with Gasteiger partial charge >= 0.3 is 39.5 Å². The average Bonchev–Trinajstić information content (AvgIpc) is 3.71. The number of phosphoric ester groups is 2. The molecule has 0 fully saturated rings. The topological polar surface area (TPSA) is 237 Å². The number of unbranched alkanes of at least 4 members (excludes halogenated alkanes) is 34. The maximum Gasteiger partial charge on any atom is 0.472 e. The summed E-state index contributed by atoms with van der Waals surface area (Å²) in [7, 11) is -9.91. The molecule has 91 heavy (non-hydrogen) atoms. The van der Waals surface area contributed by atoms with Gasteiger partial charge in [-0.25, -0.2) is 9.13 Å². The number of hydrogen-bond donors (Lipinski definition) is 3. The Morgan fingerprint density at radius 3 is 0.780 bits per heavy atom. The summed E-state index contributed by atoms with van der Waals surface area (Å²) in [5, 5.41) is 10.6. The molecule has 17 nitrogen and oxygen atoms in total. The van der Waals surface area contributed by atoms with E-state index in [4.69, 9.17) is 37.0 Å². The van der Waals surface area contributed by atoms with Crippen molar-refractivity contribution in [2.24, 2.45) is 23.7 Å². The third-order valence-electron chi connectivity index (χ3n) is 16.9. The molecule has 0 bridgehead atoms. The van der Waals surface area contributed by atoms with Crippen LogP contribution in [0.15, 0.2) is 0 Å². The fraction of sp³-hybridized carbons (Fsp3) is 0.944. The number of ether oxygens (including phenoxy) is 4. The minimum absolute atomic E-state index is 0.104. The highest BCUT2D eigenvalue weighted by Gasteiger charge is 2.30. The molecule has 0 aromatic rings. The zero-order valence-electron chi connectivity index (χ0n) is 59.5. The summed E-state index contributed by atoms with van der Waals surface area (Å²) in [5.41, 5.74) is 0. The van der Waals surface area contributed by atoms with Crippen LogP contribution in [0.4, 0.5) is 0 Å². The van der Waals surface area contributed by atoms with Crippen LogP contribution in [-0.2, 0) is 65.4 Å². The van der Waals surface area contributed by atoms with Crippen LogP contribution in [0.5, 0.6) is 0 Å². The monoisotopic (exact) mass is 1340 g/mol. The molecule has 3 N–H and O–H groups in total. The van der Waals surface area contributed by atoms with Crippen molar-refractivity contribution < 1.29 is 80.2 Å². The van der Waals surface area contributed by atoms with Crippen molar-refractivity contribution in [3.05, 3.63) is 0 Å². The lowest BCUT2D eigenvalue weighted by Gasteiger charge is -2.21. The number of rotatable bonds is 69. The van der Waals surface area contributed by atoms with Crippen LogP contribution in [0, 0.1) is 23.7 Å². The van der Waals surface area contributed by atoms with E-state index in [1.807, 2.05) is 0 Å². The summed E-state index contributed by atoms with van der Waals surface area (Å²) in [6.45, 7) is 14.1. The molecule has 0 aliphatic rings. The zero-order valence-corrected chi connectivity index (χ0v) is 61.3. The number of carbonyl (C=O) groups excluding carboxylic acids is 4. The second-order valence-corrected chi connectivity index (χ2v) is 30.6. The molecule has 0 saturated heterocycles. The second-order valence-electron chi connectivity index (χ2n) is 27.6. The highest BCUT2D eigenvalue weighted by molar-refractivity contribution is 7.47. The van der Waals surface area contributed by atoms with Crippen LogP contribution in [0.25, 0.3) is 0 Å². The average molecular weight is 1340 g/mol. The Hall–Kier alpha value is -1.94. The van der Waals surface area contributed by atoms with E-state index >= 15 is 0 Å². The molecular weight excluding hydrogens is 1200 g/mol. The molecule has 0 aliphatic heterocycles. The van der Waals surface area contributed by atoms with Crippen LogP contribution in [-0.4, -0.2) is 96.7 Å². The molecule has 0 heterocycles. The van der Waals surface area contributed by atoms with Crippen LogP contribution in [0.2, 0.25) is 0 Å². The Labute approximate surface area is 556 Å². The summed E-state index contributed by atoms with van der Waals surface area (Å²) in [6, 6.07) is 0. The van der Waals surface area contributed by atoms with Gasteiger partial charge in [0.2, 0.25) is 0 Å².